The van der Waals surface area contributed by atoms with Crippen LogP contribution in [0.15, 0.2) is 18.2 Å². The second-order valence-corrected chi connectivity index (χ2v) is 28.9. The Morgan fingerprint density at radius 1 is 0.731 bits per heavy atom. The fraction of sp³-hybridized carbons (Fsp3) is 0.784. The normalized spacial score (nSPS) is 15.0. The van der Waals surface area contributed by atoms with E-state index in [2.05, 4.69) is 88.2 Å². The number of hydrogen-bond donors (Lipinski definition) is 1. The number of hydrogen-bond acceptors (Lipinski definition) is 11. The van der Waals surface area contributed by atoms with Crippen molar-refractivity contribution in [1.82, 2.24) is 0 Å². The van der Waals surface area contributed by atoms with Crippen molar-refractivity contribution in [3.8, 4) is 17.2 Å². The van der Waals surface area contributed by atoms with E-state index in [9.17, 15) is 19.0 Å². The van der Waals surface area contributed by atoms with Crippen LogP contribution in [0, 0.1) is 0 Å². The number of benzene rings is 1. The minimum atomic E-state index is -4.63. The lowest BCUT2D eigenvalue weighted by Gasteiger charge is -2.43. The van der Waals surface area contributed by atoms with Gasteiger partial charge in [-0.2, -0.15) is 0 Å². The predicted molar refractivity (Wildman–Crippen MR) is 209 cm³/mol. The molecule has 0 saturated heterocycles. The van der Waals surface area contributed by atoms with Crippen molar-refractivity contribution < 1.29 is 56.0 Å². The van der Waals surface area contributed by atoms with Crippen LogP contribution < -0.4 is 18.5 Å². The molecule has 52 heavy (non-hydrogen) atoms. The molecule has 0 aliphatic heterocycles. The number of carbonyl (C=O) groups is 2. The molecular formula is C37H70NO11PSi2. The summed E-state index contributed by atoms with van der Waals surface area (Å²) in [5.74, 6) is 0.379. The van der Waals surface area contributed by atoms with Crippen LogP contribution in [0.25, 0.3) is 0 Å². The van der Waals surface area contributed by atoms with Crippen molar-refractivity contribution in [3.05, 3.63) is 18.2 Å². The summed E-state index contributed by atoms with van der Waals surface area (Å²) in [4.78, 5) is 37.5. The molecule has 0 radical (unpaired) electrons. The maximum Gasteiger partial charge on any atom is 0.311 e. The average Bonchev–Trinajstić information content (AvgIpc) is 3.00. The zero-order chi connectivity index (χ0) is 40.9. The topological polar surface area (TPSA) is 150 Å². The Bertz CT molecular complexity index is 1240. The lowest BCUT2D eigenvalue weighted by molar-refractivity contribution is -0.870. The summed E-state index contributed by atoms with van der Waals surface area (Å²) in [6.07, 6.45) is -1.19. The van der Waals surface area contributed by atoms with E-state index in [0.29, 0.717) is 61.5 Å². The van der Waals surface area contributed by atoms with Crippen LogP contribution >= 0.6 is 7.82 Å². The smallest absolute Gasteiger partial charge is 0.311 e. The highest BCUT2D eigenvalue weighted by Gasteiger charge is 2.48. The number of phosphoric ester groups is 1. The van der Waals surface area contributed by atoms with Gasteiger partial charge in [0.15, 0.2) is 0 Å². The van der Waals surface area contributed by atoms with Gasteiger partial charge >= 0.3 is 11.9 Å². The Morgan fingerprint density at radius 2 is 1.15 bits per heavy atom. The second-order valence-electron chi connectivity index (χ2n) is 16.7. The molecule has 0 spiro atoms. The SMILES string of the molecule is [2H]O[C@H](COC(=O)CCCC(=O)Oc1cc(O[Si](C(C)C)(C(C)C)C(C)C)cc(O[Si](C(C)C)(C(C)C)C(C)C)c1)COP(=O)([O-])OCC[N+](C)(C)C. The van der Waals surface area contributed by atoms with Gasteiger partial charge < -0.3 is 41.9 Å². The zero-order valence-corrected chi connectivity index (χ0v) is 37.5. The minimum Gasteiger partial charge on any atom is -0.756 e. The second kappa shape index (κ2) is 20.8. The van der Waals surface area contributed by atoms with Gasteiger partial charge in [0, 0.05) is 31.0 Å². The van der Waals surface area contributed by atoms with Crippen molar-refractivity contribution in [1.29, 1.82) is 1.43 Å². The maximum absolute atomic E-state index is 13.1. The first-order chi connectivity index (χ1) is 24.3. The Hall–Kier alpha value is -1.78. The van der Waals surface area contributed by atoms with E-state index in [0.717, 1.165) is 0 Å². The standard InChI is InChI=1S/C37H70NO11PSi2/c1-26(2)51(27(3)4,28(5)6)48-34-21-33(22-35(23-34)49-52(29(7)8,30(9)10)31(11)12)47-37(41)18-16-17-36(40)44-24-32(39)25-46-50(42,43)45-20-19-38(13,14)15/h21-23,26-32,39H,16-20,24-25H2,1-15H3/t32-/m1/s1/i39D. The summed E-state index contributed by atoms with van der Waals surface area (Å²) in [6.45, 7) is 26.0. The number of aliphatic hydroxyl groups is 1. The highest BCUT2D eigenvalue weighted by molar-refractivity contribution is 7.45. The highest BCUT2D eigenvalue weighted by Crippen LogP contribution is 2.46. The zero-order valence-electron chi connectivity index (χ0n) is 35.6. The predicted octanol–water partition coefficient (Wildman–Crippen LogP) is 7.98. The number of carbonyl (C=O) groups excluding carboxylic acids is 2. The Labute approximate surface area is 317 Å². The van der Waals surface area contributed by atoms with Crippen molar-refractivity contribution in [2.24, 2.45) is 0 Å². The molecule has 0 heterocycles. The van der Waals surface area contributed by atoms with Gasteiger partial charge in [0.2, 0.25) is 1.43 Å². The van der Waals surface area contributed by atoms with E-state index >= 15 is 0 Å². The number of aliphatic hydroxyl groups excluding tert-OH is 1. The van der Waals surface area contributed by atoms with E-state index in [1.54, 1.807) is 12.1 Å². The van der Waals surface area contributed by atoms with Crippen molar-refractivity contribution in [3.63, 3.8) is 0 Å². The van der Waals surface area contributed by atoms with E-state index < -0.39 is 55.7 Å². The number of phosphoric acid groups is 1. The lowest BCUT2D eigenvalue weighted by Crippen LogP contribution is -2.51. The average molecular weight is 793 g/mol. The first-order valence-corrected chi connectivity index (χ1v) is 24.5. The Morgan fingerprint density at radius 3 is 1.56 bits per heavy atom. The maximum atomic E-state index is 13.1. The molecule has 1 rings (SSSR count). The Kier molecular flexibility index (Phi) is 18.5. The van der Waals surface area contributed by atoms with E-state index in [-0.39, 0.29) is 25.9 Å². The summed E-state index contributed by atoms with van der Waals surface area (Å²) in [6, 6.07) is 5.47. The van der Waals surface area contributed by atoms with Crippen LogP contribution in [0.5, 0.6) is 17.2 Å². The Balaban J connectivity index is 3.05. The summed E-state index contributed by atoms with van der Waals surface area (Å²) < 4.78 is 54.4. The van der Waals surface area contributed by atoms with Crippen LogP contribution in [-0.4, -0.2) is 93.2 Å². The number of esters is 2. The fourth-order valence-corrected chi connectivity index (χ4v) is 18.5. The van der Waals surface area contributed by atoms with E-state index in [1.165, 1.54) is 0 Å². The largest absolute Gasteiger partial charge is 0.756 e. The number of rotatable bonds is 25. The molecule has 0 fully saturated rings. The minimum absolute atomic E-state index is 0.0623. The molecular weight excluding hydrogens is 722 g/mol. The molecule has 2 atom stereocenters. The van der Waals surface area contributed by atoms with Crippen LogP contribution in [0.3, 0.4) is 0 Å². The van der Waals surface area contributed by atoms with Crippen molar-refractivity contribution in [2.45, 2.75) is 142 Å². The van der Waals surface area contributed by atoms with Gasteiger partial charge in [0.05, 0.1) is 27.7 Å². The van der Waals surface area contributed by atoms with Gasteiger partial charge in [0.1, 0.15) is 43.1 Å². The number of quaternary nitrogens is 1. The molecule has 0 amide bonds. The number of nitrogens with zero attached hydrogens (tertiary/aromatic N) is 1. The van der Waals surface area contributed by atoms with Crippen LogP contribution in [0.1, 0.15) is 102 Å². The molecule has 1 N–H and O–H groups in total. The summed E-state index contributed by atoms with van der Waals surface area (Å²) in [5, 5.41) is 4.46. The molecule has 1 aromatic carbocycles. The van der Waals surface area contributed by atoms with Gasteiger partial charge in [0.25, 0.3) is 24.5 Å². The molecule has 12 nitrogen and oxygen atoms in total. The number of ether oxygens (including phenoxy) is 2. The van der Waals surface area contributed by atoms with Gasteiger partial charge in [-0.05, 0) is 39.7 Å². The summed E-state index contributed by atoms with van der Waals surface area (Å²) in [5.41, 5.74) is 1.97. The van der Waals surface area contributed by atoms with Crippen LogP contribution in [0.4, 0.5) is 0 Å². The molecule has 0 saturated carbocycles. The van der Waals surface area contributed by atoms with Gasteiger partial charge in [-0.25, -0.2) is 0 Å². The van der Waals surface area contributed by atoms with E-state index in [1.807, 2.05) is 27.2 Å². The van der Waals surface area contributed by atoms with Gasteiger partial charge in [-0.1, -0.05) is 83.1 Å². The molecule has 1 unspecified atom stereocenters. The first-order valence-electron chi connectivity index (χ1n) is 19.2. The fourth-order valence-electron chi connectivity index (χ4n) is 7.34. The molecule has 0 aliphatic carbocycles. The molecule has 0 bridgehead atoms. The number of likely N-dealkylation sites (N-methyl/N-ethyl adjacent to an activating group) is 1. The summed E-state index contributed by atoms with van der Waals surface area (Å²) in [7, 11) is -3.69. The van der Waals surface area contributed by atoms with Crippen LogP contribution in [-0.2, 0) is 27.9 Å². The van der Waals surface area contributed by atoms with Crippen LogP contribution in [0.2, 0.25) is 33.2 Å². The molecule has 0 aliphatic rings. The molecule has 15 heteroatoms. The molecule has 1 aromatic rings. The third-order valence-corrected chi connectivity index (χ3v) is 22.7. The van der Waals surface area contributed by atoms with Gasteiger partial charge in [-0.15, -0.1) is 0 Å². The molecule has 302 valence electrons. The first kappa shape index (κ1) is 46.4. The highest BCUT2D eigenvalue weighted by atomic mass is 31.2. The summed E-state index contributed by atoms with van der Waals surface area (Å²) >= 11 is 0. The molecule has 0 aromatic heterocycles. The van der Waals surface area contributed by atoms with Gasteiger partial charge in [-0.3, -0.25) is 14.2 Å². The quantitative estimate of drug-likeness (QED) is 0.0338. The van der Waals surface area contributed by atoms with E-state index in [4.69, 9.17) is 28.8 Å². The van der Waals surface area contributed by atoms with Crippen molar-refractivity contribution in [2.75, 3.05) is 47.5 Å². The monoisotopic (exact) mass is 792 g/mol. The van der Waals surface area contributed by atoms with Crippen molar-refractivity contribution >= 4 is 36.4 Å². The third-order valence-electron chi connectivity index (χ3n) is 9.71. The lowest BCUT2D eigenvalue weighted by atomic mass is 10.2. The third kappa shape index (κ3) is 14.8.